The zero-order valence-corrected chi connectivity index (χ0v) is 15.5. The van der Waals surface area contributed by atoms with E-state index in [1.165, 1.54) is 77.0 Å². The SMILES string of the molecule is CCCCCCCCCCCCCCn1cc(Cl)c(CC)n1. The summed E-state index contributed by atoms with van der Waals surface area (Å²) in [5.74, 6) is 0. The first-order valence-electron chi connectivity index (χ1n) is 9.49. The number of hydrogen-bond donors (Lipinski definition) is 0. The van der Waals surface area contributed by atoms with Gasteiger partial charge in [0, 0.05) is 12.7 Å². The fourth-order valence-electron chi connectivity index (χ4n) is 2.91. The molecule has 1 aromatic heterocycles. The quantitative estimate of drug-likeness (QED) is 0.344. The molecule has 0 aliphatic carbocycles. The monoisotopic (exact) mass is 326 g/mol. The van der Waals surface area contributed by atoms with Crippen molar-refractivity contribution in [2.45, 2.75) is 104 Å². The Labute approximate surface area is 142 Å². The van der Waals surface area contributed by atoms with E-state index in [1.807, 2.05) is 10.9 Å². The van der Waals surface area contributed by atoms with Gasteiger partial charge in [-0.3, -0.25) is 4.68 Å². The molecule has 0 amide bonds. The number of aromatic nitrogens is 2. The maximum absolute atomic E-state index is 6.11. The number of aryl methyl sites for hydroxylation is 2. The van der Waals surface area contributed by atoms with Crippen LogP contribution in [0.5, 0.6) is 0 Å². The number of hydrogen-bond acceptors (Lipinski definition) is 1. The zero-order valence-electron chi connectivity index (χ0n) is 14.7. The molecule has 0 aromatic carbocycles. The fourth-order valence-corrected chi connectivity index (χ4v) is 3.19. The van der Waals surface area contributed by atoms with Crippen LogP contribution in [0.15, 0.2) is 6.20 Å². The van der Waals surface area contributed by atoms with Gasteiger partial charge in [-0.2, -0.15) is 5.10 Å². The van der Waals surface area contributed by atoms with Gasteiger partial charge in [0.25, 0.3) is 0 Å². The number of unbranched alkanes of at least 4 members (excludes halogenated alkanes) is 11. The van der Waals surface area contributed by atoms with Gasteiger partial charge in [-0.25, -0.2) is 0 Å². The molecule has 0 saturated heterocycles. The van der Waals surface area contributed by atoms with Gasteiger partial charge >= 0.3 is 0 Å². The third-order valence-corrected chi connectivity index (χ3v) is 4.68. The highest BCUT2D eigenvalue weighted by Gasteiger charge is 2.03. The highest BCUT2D eigenvalue weighted by atomic mass is 35.5. The molecule has 2 nitrogen and oxygen atoms in total. The van der Waals surface area contributed by atoms with E-state index in [0.717, 1.165) is 23.7 Å². The Balaban J connectivity index is 1.87. The third-order valence-electron chi connectivity index (χ3n) is 4.36. The fraction of sp³-hybridized carbons (Fsp3) is 0.842. The summed E-state index contributed by atoms with van der Waals surface area (Å²) in [7, 11) is 0. The molecular weight excluding hydrogens is 292 g/mol. The average molecular weight is 327 g/mol. The van der Waals surface area contributed by atoms with Crippen molar-refractivity contribution < 1.29 is 0 Å². The van der Waals surface area contributed by atoms with Crippen LogP contribution in [-0.2, 0) is 13.0 Å². The standard InChI is InChI=1S/C19H35ClN2/c1-3-5-6-7-8-9-10-11-12-13-14-15-16-22-17-18(20)19(4-2)21-22/h17H,3-16H2,1-2H3. The second-order valence-electron chi connectivity index (χ2n) is 6.43. The summed E-state index contributed by atoms with van der Waals surface area (Å²) >= 11 is 6.11. The summed E-state index contributed by atoms with van der Waals surface area (Å²) in [4.78, 5) is 0. The van der Waals surface area contributed by atoms with E-state index in [2.05, 4.69) is 18.9 Å². The first kappa shape index (κ1) is 19.5. The topological polar surface area (TPSA) is 17.8 Å². The van der Waals surface area contributed by atoms with Gasteiger partial charge in [0.15, 0.2) is 0 Å². The highest BCUT2D eigenvalue weighted by molar-refractivity contribution is 6.31. The van der Waals surface area contributed by atoms with Crippen LogP contribution in [0, 0.1) is 0 Å². The summed E-state index contributed by atoms with van der Waals surface area (Å²) in [6, 6.07) is 0. The molecule has 0 aliphatic heterocycles. The first-order chi connectivity index (χ1) is 10.8. The molecule has 3 heteroatoms. The molecule has 0 unspecified atom stereocenters. The van der Waals surface area contributed by atoms with Crippen molar-refractivity contribution in [2.24, 2.45) is 0 Å². The molecule has 0 atom stereocenters. The van der Waals surface area contributed by atoms with Crippen molar-refractivity contribution in [3.05, 3.63) is 16.9 Å². The first-order valence-corrected chi connectivity index (χ1v) is 9.87. The summed E-state index contributed by atoms with van der Waals surface area (Å²) in [5, 5.41) is 5.32. The van der Waals surface area contributed by atoms with E-state index in [1.54, 1.807) is 0 Å². The van der Waals surface area contributed by atoms with Crippen molar-refractivity contribution >= 4 is 11.6 Å². The van der Waals surface area contributed by atoms with Gasteiger partial charge in [0.2, 0.25) is 0 Å². The Bertz CT molecular complexity index is 374. The predicted molar refractivity (Wildman–Crippen MR) is 97.7 cm³/mol. The minimum absolute atomic E-state index is 0.821. The van der Waals surface area contributed by atoms with Crippen molar-refractivity contribution in [2.75, 3.05) is 0 Å². The van der Waals surface area contributed by atoms with Crippen LogP contribution in [0.25, 0.3) is 0 Å². The van der Waals surface area contributed by atoms with E-state index in [0.29, 0.717) is 0 Å². The molecule has 0 spiro atoms. The molecule has 0 radical (unpaired) electrons. The second-order valence-corrected chi connectivity index (χ2v) is 6.84. The van der Waals surface area contributed by atoms with E-state index in [-0.39, 0.29) is 0 Å². The van der Waals surface area contributed by atoms with Crippen molar-refractivity contribution in [3.8, 4) is 0 Å². The smallest absolute Gasteiger partial charge is 0.0817 e. The Kier molecular flexibility index (Phi) is 11.5. The van der Waals surface area contributed by atoms with Crippen LogP contribution in [0.4, 0.5) is 0 Å². The Morgan fingerprint density at radius 2 is 1.32 bits per heavy atom. The maximum Gasteiger partial charge on any atom is 0.0817 e. The molecule has 0 aliphatic rings. The van der Waals surface area contributed by atoms with Gasteiger partial charge in [0.1, 0.15) is 0 Å². The van der Waals surface area contributed by atoms with Gasteiger partial charge < -0.3 is 0 Å². The normalized spacial score (nSPS) is 11.2. The molecule has 128 valence electrons. The van der Waals surface area contributed by atoms with Gasteiger partial charge in [-0.05, 0) is 12.8 Å². The lowest BCUT2D eigenvalue weighted by atomic mass is 10.1. The second kappa shape index (κ2) is 13.0. The zero-order chi connectivity index (χ0) is 16.0. The van der Waals surface area contributed by atoms with Crippen LogP contribution in [0.2, 0.25) is 5.02 Å². The number of nitrogens with zero attached hydrogens (tertiary/aromatic N) is 2. The summed E-state index contributed by atoms with van der Waals surface area (Å²) in [6.45, 7) is 5.39. The Morgan fingerprint density at radius 3 is 1.77 bits per heavy atom. The lowest BCUT2D eigenvalue weighted by Crippen LogP contribution is -1.99. The minimum Gasteiger partial charge on any atom is -0.271 e. The highest BCUT2D eigenvalue weighted by Crippen LogP contribution is 2.15. The number of halogens is 1. The average Bonchev–Trinajstić information content (AvgIpc) is 2.88. The van der Waals surface area contributed by atoms with Crippen molar-refractivity contribution in [1.29, 1.82) is 0 Å². The van der Waals surface area contributed by atoms with Gasteiger partial charge in [0.05, 0.1) is 10.7 Å². The van der Waals surface area contributed by atoms with Crippen LogP contribution in [0.3, 0.4) is 0 Å². The molecule has 1 aromatic rings. The summed E-state index contributed by atoms with van der Waals surface area (Å²) in [6.07, 6.45) is 19.6. The molecule has 1 rings (SSSR count). The predicted octanol–water partition coefficient (Wildman–Crippen LogP) is 6.80. The number of rotatable bonds is 14. The van der Waals surface area contributed by atoms with E-state index >= 15 is 0 Å². The minimum atomic E-state index is 0.821. The molecule has 0 fully saturated rings. The third kappa shape index (κ3) is 8.82. The summed E-state index contributed by atoms with van der Waals surface area (Å²) in [5.41, 5.74) is 1.03. The van der Waals surface area contributed by atoms with Crippen LogP contribution >= 0.6 is 11.6 Å². The van der Waals surface area contributed by atoms with Gasteiger partial charge in [-0.1, -0.05) is 96.1 Å². The Hall–Kier alpha value is -0.500. The lowest BCUT2D eigenvalue weighted by molar-refractivity contribution is 0.511. The van der Waals surface area contributed by atoms with E-state index in [4.69, 9.17) is 11.6 Å². The molecule has 0 bridgehead atoms. The van der Waals surface area contributed by atoms with Gasteiger partial charge in [-0.15, -0.1) is 0 Å². The molecule has 0 N–H and O–H groups in total. The van der Waals surface area contributed by atoms with E-state index in [9.17, 15) is 0 Å². The van der Waals surface area contributed by atoms with Crippen molar-refractivity contribution in [1.82, 2.24) is 9.78 Å². The Morgan fingerprint density at radius 1 is 0.818 bits per heavy atom. The lowest BCUT2D eigenvalue weighted by Gasteiger charge is -2.03. The van der Waals surface area contributed by atoms with Crippen molar-refractivity contribution in [3.63, 3.8) is 0 Å². The van der Waals surface area contributed by atoms with E-state index < -0.39 is 0 Å². The summed E-state index contributed by atoms with van der Waals surface area (Å²) < 4.78 is 2.01. The van der Waals surface area contributed by atoms with Crippen LogP contribution in [-0.4, -0.2) is 9.78 Å². The molecular formula is C19H35ClN2. The van der Waals surface area contributed by atoms with Crippen LogP contribution < -0.4 is 0 Å². The molecule has 22 heavy (non-hydrogen) atoms. The molecule has 1 heterocycles. The maximum atomic E-state index is 6.11. The largest absolute Gasteiger partial charge is 0.271 e. The van der Waals surface area contributed by atoms with Crippen LogP contribution in [0.1, 0.15) is 96.6 Å². The molecule has 0 saturated carbocycles.